The molecule has 150 valence electrons. The van der Waals surface area contributed by atoms with Crippen LogP contribution < -0.4 is 10.1 Å². The molecule has 3 heterocycles. The number of ether oxygens (including phenoxy) is 1. The predicted octanol–water partition coefficient (Wildman–Crippen LogP) is 4.38. The summed E-state index contributed by atoms with van der Waals surface area (Å²) in [6.45, 7) is 3.61. The summed E-state index contributed by atoms with van der Waals surface area (Å²) in [6.07, 6.45) is 7.32. The van der Waals surface area contributed by atoms with Crippen LogP contribution in [0, 0.1) is 0 Å². The molecule has 0 radical (unpaired) electrons. The Balaban J connectivity index is 1.47. The number of nitrogens with one attached hydrogen (secondary N) is 2. The second-order valence-electron chi connectivity index (χ2n) is 7.28. The van der Waals surface area contributed by atoms with Gasteiger partial charge < -0.3 is 15.0 Å². The first-order chi connectivity index (χ1) is 14.2. The average molecular weight is 390 g/mol. The van der Waals surface area contributed by atoms with Crippen molar-refractivity contribution in [2.24, 2.45) is 0 Å². The Labute approximate surface area is 170 Å². The number of aromatic nitrogens is 3. The fraction of sp³-hybridized carbons (Fsp3) is 0.348. The van der Waals surface area contributed by atoms with Gasteiger partial charge in [-0.15, -0.1) is 0 Å². The Hall–Kier alpha value is -3.15. The van der Waals surface area contributed by atoms with Crippen molar-refractivity contribution in [3.8, 4) is 28.5 Å². The topological polar surface area (TPSA) is 79.9 Å². The Kier molecular flexibility index (Phi) is 5.89. The summed E-state index contributed by atoms with van der Waals surface area (Å²) in [4.78, 5) is 24.4. The van der Waals surface area contributed by atoms with Gasteiger partial charge in [-0.1, -0.05) is 26.2 Å². The first-order valence-corrected chi connectivity index (χ1v) is 10.3. The Morgan fingerprint density at radius 3 is 2.76 bits per heavy atom. The number of carbonyl (C=O) groups excluding carboxylic acids is 1. The third-order valence-electron chi connectivity index (χ3n) is 5.12. The van der Waals surface area contributed by atoms with E-state index >= 15 is 0 Å². The molecule has 3 aromatic rings. The summed E-state index contributed by atoms with van der Waals surface area (Å²) in [5, 5.41) is 2.87. The van der Waals surface area contributed by atoms with Gasteiger partial charge in [0, 0.05) is 30.4 Å². The number of fused-ring (bicyclic) bond motifs is 1. The average Bonchev–Trinajstić information content (AvgIpc) is 3.20. The molecule has 0 unspecified atom stereocenters. The van der Waals surface area contributed by atoms with E-state index in [2.05, 4.69) is 22.2 Å². The highest BCUT2D eigenvalue weighted by Gasteiger charge is 2.20. The highest BCUT2D eigenvalue weighted by atomic mass is 16.5. The van der Waals surface area contributed by atoms with E-state index in [0.717, 1.165) is 47.8 Å². The van der Waals surface area contributed by atoms with Gasteiger partial charge in [0.2, 0.25) is 0 Å². The van der Waals surface area contributed by atoms with Crippen LogP contribution >= 0.6 is 0 Å². The van der Waals surface area contributed by atoms with E-state index in [1.54, 1.807) is 6.20 Å². The van der Waals surface area contributed by atoms with Gasteiger partial charge in [-0.05, 0) is 42.8 Å². The zero-order chi connectivity index (χ0) is 20.1. The van der Waals surface area contributed by atoms with Gasteiger partial charge in [-0.3, -0.25) is 4.79 Å². The molecule has 2 aromatic heterocycles. The minimum Gasteiger partial charge on any atom is -0.494 e. The molecule has 0 spiro atoms. The molecule has 0 saturated carbocycles. The molecule has 0 aliphatic carbocycles. The molecule has 29 heavy (non-hydrogen) atoms. The quantitative estimate of drug-likeness (QED) is 0.559. The second-order valence-corrected chi connectivity index (χ2v) is 7.28. The van der Waals surface area contributed by atoms with Crippen LogP contribution in [0.4, 0.5) is 0 Å². The van der Waals surface area contributed by atoms with Crippen LogP contribution in [0.3, 0.4) is 0 Å². The van der Waals surface area contributed by atoms with E-state index in [1.165, 1.54) is 19.3 Å². The smallest absolute Gasteiger partial charge is 0.253 e. The van der Waals surface area contributed by atoms with E-state index in [9.17, 15) is 4.79 Å². The van der Waals surface area contributed by atoms with Crippen molar-refractivity contribution in [3.05, 3.63) is 53.9 Å². The van der Waals surface area contributed by atoms with Crippen LogP contribution in [0.5, 0.6) is 5.75 Å². The number of unbranched alkanes of at least 4 members (excludes halogenated alkanes) is 3. The number of benzene rings is 1. The third-order valence-corrected chi connectivity index (χ3v) is 5.12. The van der Waals surface area contributed by atoms with Crippen LogP contribution in [0.15, 0.2) is 42.6 Å². The lowest BCUT2D eigenvalue weighted by atomic mass is 10.1. The van der Waals surface area contributed by atoms with Gasteiger partial charge >= 0.3 is 0 Å². The second kappa shape index (κ2) is 8.90. The van der Waals surface area contributed by atoms with Crippen LogP contribution in [0.2, 0.25) is 0 Å². The summed E-state index contributed by atoms with van der Waals surface area (Å²) >= 11 is 0. The Bertz CT molecular complexity index is 979. The molecule has 2 N–H and O–H groups in total. The third kappa shape index (κ3) is 4.47. The van der Waals surface area contributed by atoms with Crippen molar-refractivity contribution in [2.75, 3.05) is 13.2 Å². The molecular weight excluding hydrogens is 364 g/mol. The maximum absolute atomic E-state index is 12.0. The van der Waals surface area contributed by atoms with Crippen molar-refractivity contribution in [1.29, 1.82) is 0 Å². The number of hydrogen-bond donors (Lipinski definition) is 2. The van der Waals surface area contributed by atoms with Crippen LogP contribution in [-0.4, -0.2) is 34.0 Å². The summed E-state index contributed by atoms with van der Waals surface area (Å²) in [7, 11) is 0. The molecule has 1 aromatic carbocycles. The van der Waals surface area contributed by atoms with E-state index in [-0.39, 0.29) is 5.91 Å². The first-order valence-electron chi connectivity index (χ1n) is 10.3. The lowest BCUT2D eigenvalue weighted by molar-refractivity contribution is 0.0946. The van der Waals surface area contributed by atoms with Gasteiger partial charge in [0.1, 0.15) is 5.75 Å². The fourth-order valence-corrected chi connectivity index (χ4v) is 3.50. The molecule has 0 atom stereocenters. The van der Waals surface area contributed by atoms with Gasteiger partial charge in [-0.2, -0.15) is 0 Å². The SMILES string of the molecule is CCCCCCOc1ccc(-c2nccc(-c3cc4c([nH]3)CCNC4=O)n2)cc1. The van der Waals surface area contributed by atoms with Gasteiger partial charge in [0.05, 0.1) is 23.6 Å². The number of aromatic amines is 1. The molecule has 0 fully saturated rings. The Morgan fingerprint density at radius 1 is 1.10 bits per heavy atom. The highest BCUT2D eigenvalue weighted by Crippen LogP contribution is 2.25. The minimum atomic E-state index is -0.0340. The highest BCUT2D eigenvalue weighted by molar-refractivity contribution is 5.97. The summed E-state index contributed by atoms with van der Waals surface area (Å²) in [5.41, 5.74) is 4.20. The molecule has 4 rings (SSSR count). The molecule has 1 amide bonds. The van der Waals surface area contributed by atoms with Crippen molar-refractivity contribution >= 4 is 5.91 Å². The zero-order valence-electron chi connectivity index (χ0n) is 16.7. The van der Waals surface area contributed by atoms with E-state index in [4.69, 9.17) is 9.72 Å². The van der Waals surface area contributed by atoms with Crippen molar-refractivity contribution < 1.29 is 9.53 Å². The molecule has 1 aliphatic heterocycles. The summed E-state index contributed by atoms with van der Waals surface area (Å²) in [6, 6.07) is 11.6. The maximum Gasteiger partial charge on any atom is 0.253 e. The minimum absolute atomic E-state index is 0.0340. The Morgan fingerprint density at radius 2 is 1.97 bits per heavy atom. The van der Waals surface area contributed by atoms with Crippen molar-refractivity contribution in [3.63, 3.8) is 0 Å². The van der Waals surface area contributed by atoms with Crippen molar-refractivity contribution in [1.82, 2.24) is 20.3 Å². The van der Waals surface area contributed by atoms with E-state index < -0.39 is 0 Å². The van der Waals surface area contributed by atoms with Crippen molar-refractivity contribution in [2.45, 2.75) is 39.0 Å². The number of amides is 1. The van der Waals surface area contributed by atoms with E-state index in [0.29, 0.717) is 17.9 Å². The molecule has 0 saturated heterocycles. The van der Waals surface area contributed by atoms with Gasteiger partial charge in [-0.25, -0.2) is 9.97 Å². The number of nitrogens with zero attached hydrogens (tertiary/aromatic N) is 2. The number of carbonyl (C=O) groups is 1. The van der Waals surface area contributed by atoms with E-state index in [1.807, 2.05) is 36.4 Å². The molecule has 6 heteroatoms. The van der Waals surface area contributed by atoms with Crippen LogP contribution in [0.1, 0.15) is 48.7 Å². The largest absolute Gasteiger partial charge is 0.494 e. The summed E-state index contributed by atoms with van der Waals surface area (Å²) in [5.74, 6) is 1.48. The van der Waals surface area contributed by atoms with Crippen LogP contribution in [-0.2, 0) is 6.42 Å². The lowest BCUT2D eigenvalue weighted by Gasteiger charge is -2.10. The summed E-state index contributed by atoms with van der Waals surface area (Å²) < 4.78 is 5.81. The monoisotopic (exact) mass is 390 g/mol. The van der Waals surface area contributed by atoms with Crippen LogP contribution in [0.25, 0.3) is 22.8 Å². The van der Waals surface area contributed by atoms with Gasteiger partial charge in [0.15, 0.2) is 5.82 Å². The standard InChI is InChI=1S/C23H26N4O2/c1-2-3-4-5-14-29-17-8-6-16(7-9-17)22-24-12-11-20(27-22)21-15-18-19(26-21)10-13-25-23(18)28/h6-9,11-12,15,26H,2-5,10,13-14H2,1H3,(H,25,28). The normalized spacial score (nSPS) is 13.1. The number of hydrogen-bond acceptors (Lipinski definition) is 4. The van der Waals surface area contributed by atoms with Gasteiger partial charge in [0.25, 0.3) is 5.91 Å². The lowest BCUT2D eigenvalue weighted by Crippen LogP contribution is -2.31. The molecular formula is C23H26N4O2. The zero-order valence-corrected chi connectivity index (χ0v) is 16.7. The predicted molar refractivity (Wildman–Crippen MR) is 113 cm³/mol. The molecule has 1 aliphatic rings. The molecule has 6 nitrogen and oxygen atoms in total. The number of H-pyrrole nitrogens is 1. The first kappa shape index (κ1) is 19.2. The number of rotatable bonds is 8. The fourth-order valence-electron chi connectivity index (χ4n) is 3.50. The maximum atomic E-state index is 12.0. The molecule has 0 bridgehead atoms.